The molecule has 0 aliphatic carbocycles. The van der Waals surface area contributed by atoms with E-state index in [2.05, 4.69) is 20.3 Å². The van der Waals surface area contributed by atoms with E-state index in [1.807, 2.05) is 0 Å². The Morgan fingerprint density at radius 2 is 1.88 bits per heavy atom. The number of imidazole rings is 1. The number of hydrogen-bond acceptors (Lipinski definition) is 9. The van der Waals surface area contributed by atoms with E-state index in [1.54, 1.807) is 0 Å². The molecule has 2 heterocycles. The first-order chi connectivity index (χ1) is 19.1. The number of nitrogens with one attached hydrogen (secondary N) is 2. The lowest BCUT2D eigenvalue weighted by atomic mass is 10.2. The number of rotatable bonds is 10. The highest BCUT2D eigenvalue weighted by Gasteiger charge is 2.23. The number of aliphatic hydroxyl groups excluding tert-OH is 1. The molecule has 0 radical (unpaired) electrons. The van der Waals surface area contributed by atoms with Crippen molar-refractivity contribution in [1.29, 1.82) is 0 Å². The second-order valence-electron chi connectivity index (χ2n) is 8.21. The number of ketones is 1. The summed E-state index contributed by atoms with van der Waals surface area (Å²) in [5.74, 6) is -3.58. The summed E-state index contributed by atoms with van der Waals surface area (Å²) in [5.41, 5.74) is -1.21. The zero-order valence-corrected chi connectivity index (χ0v) is 22.1. The molecule has 0 atom stereocenters. The van der Waals surface area contributed by atoms with E-state index in [4.69, 9.17) is 25.8 Å². The largest absolute Gasteiger partial charge is 0.496 e. The number of Topliss-reactive ketones (excluding diaryl/α,β-unsaturated/α-hetero) is 1. The first-order valence-corrected chi connectivity index (χ1v) is 11.9. The van der Waals surface area contributed by atoms with Crippen molar-refractivity contribution in [3.8, 4) is 22.9 Å². The normalized spacial score (nSPS) is 11.0. The Bertz CT molecular complexity index is 1690. The number of methoxy groups -OCH3 is 1. The Morgan fingerprint density at radius 3 is 2.52 bits per heavy atom. The van der Waals surface area contributed by atoms with Crippen LogP contribution in [0.5, 0.6) is 17.2 Å². The highest BCUT2D eigenvalue weighted by atomic mass is 35.5. The molecule has 0 saturated carbocycles. The van der Waals surface area contributed by atoms with Crippen LogP contribution in [0.4, 0.5) is 8.78 Å². The molecule has 0 aliphatic heterocycles. The molecule has 2 aromatic carbocycles. The molecular formula is C25H22ClF2N5O7. The van der Waals surface area contributed by atoms with Crippen LogP contribution in [0.1, 0.15) is 28.8 Å². The van der Waals surface area contributed by atoms with E-state index in [-0.39, 0.29) is 56.2 Å². The van der Waals surface area contributed by atoms with Gasteiger partial charge in [0.1, 0.15) is 30.2 Å². The third-order valence-corrected chi connectivity index (χ3v) is 6.00. The number of likely N-dealkylation sites (N-methyl/N-ethyl adjacent to an activating group) is 1. The predicted molar refractivity (Wildman–Crippen MR) is 137 cm³/mol. The molecule has 4 rings (SSSR count). The summed E-state index contributed by atoms with van der Waals surface area (Å²) in [4.78, 5) is 47.6. The van der Waals surface area contributed by atoms with Crippen LogP contribution in [-0.2, 0) is 18.0 Å². The quantitative estimate of drug-likeness (QED) is 0.241. The van der Waals surface area contributed by atoms with Crippen LogP contribution in [0, 0.1) is 11.6 Å². The number of carbonyl (C=O) groups is 2. The highest BCUT2D eigenvalue weighted by molar-refractivity contribution is 6.32. The minimum Gasteiger partial charge on any atom is -0.496 e. The van der Waals surface area contributed by atoms with Crippen molar-refractivity contribution < 1.29 is 37.7 Å². The number of benzene rings is 2. The van der Waals surface area contributed by atoms with Crippen molar-refractivity contribution in [3.63, 3.8) is 0 Å². The maximum Gasteiger partial charge on any atom is 0.332 e. The van der Waals surface area contributed by atoms with E-state index >= 15 is 0 Å². The molecule has 12 nitrogen and oxygen atoms in total. The number of fused-ring (bicyclic) bond motifs is 1. The first kappa shape index (κ1) is 28.4. The minimum atomic E-state index is -1.20. The van der Waals surface area contributed by atoms with Gasteiger partial charge in [0.05, 0.1) is 23.4 Å². The second-order valence-corrected chi connectivity index (χ2v) is 8.62. The standard InChI is InChI=1S/C25H22ClF2N5O7/c1-11(35)22-23-24(31-19(8-34)30-22)33(25(37)32-23)15-7-18(17(6-13(15)26)40-10-20(36)29-2)39-9-12-16(38-3)5-4-14(27)21(12)28/h4-7,34H,8-10H2,1-3H3,(H,29,36)(H,32,37). The summed E-state index contributed by atoms with van der Waals surface area (Å²) in [5, 5.41) is 11.9. The van der Waals surface area contributed by atoms with E-state index in [0.717, 1.165) is 10.6 Å². The van der Waals surface area contributed by atoms with Gasteiger partial charge in [0.2, 0.25) is 0 Å². The summed E-state index contributed by atoms with van der Waals surface area (Å²) >= 11 is 6.50. The second kappa shape index (κ2) is 11.7. The number of aromatic nitrogens is 4. The number of carbonyl (C=O) groups excluding carboxylic acids is 2. The third kappa shape index (κ3) is 5.44. The average Bonchev–Trinajstić information content (AvgIpc) is 3.27. The van der Waals surface area contributed by atoms with Crippen LogP contribution in [0.25, 0.3) is 16.9 Å². The van der Waals surface area contributed by atoms with Gasteiger partial charge in [-0.1, -0.05) is 11.6 Å². The van der Waals surface area contributed by atoms with Crippen molar-refractivity contribution in [3.05, 3.63) is 68.5 Å². The van der Waals surface area contributed by atoms with Crippen LogP contribution < -0.4 is 25.2 Å². The van der Waals surface area contributed by atoms with Gasteiger partial charge in [-0.2, -0.15) is 0 Å². The van der Waals surface area contributed by atoms with Gasteiger partial charge in [0, 0.05) is 26.1 Å². The molecule has 3 N–H and O–H groups in total. The smallest absolute Gasteiger partial charge is 0.332 e. The van der Waals surface area contributed by atoms with Crippen LogP contribution in [-0.4, -0.2) is 57.1 Å². The summed E-state index contributed by atoms with van der Waals surface area (Å²) in [6.45, 7) is -0.374. The lowest BCUT2D eigenvalue weighted by molar-refractivity contribution is -0.122. The van der Waals surface area contributed by atoms with Crippen LogP contribution >= 0.6 is 11.6 Å². The van der Waals surface area contributed by atoms with Gasteiger partial charge in [-0.3, -0.25) is 9.59 Å². The fourth-order valence-corrected chi connectivity index (χ4v) is 4.00. The van der Waals surface area contributed by atoms with Crippen molar-refractivity contribution >= 4 is 34.5 Å². The summed E-state index contributed by atoms with van der Waals surface area (Å²) < 4.78 is 45.9. The third-order valence-electron chi connectivity index (χ3n) is 5.69. The number of aromatic amines is 1. The Labute approximate surface area is 229 Å². The van der Waals surface area contributed by atoms with Gasteiger partial charge in [-0.15, -0.1) is 0 Å². The summed E-state index contributed by atoms with van der Waals surface area (Å²) in [6.07, 6.45) is 0. The molecule has 15 heteroatoms. The number of ether oxygens (including phenoxy) is 3. The van der Waals surface area contributed by atoms with Crippen molar-refractivity contribution in [2.75, 3.05) is 20.8 Å². The van der Waals surface area contributed by atoms with E-state index < -0.39 is 48.8 Å². The molecule has 0 fully saturated rings. The number of hydrogen-bond donors (Lipinski definition) is 3. The number of aliphatic hydroxyl groups is 1. The topological polar surface area (TPSA) is 158 Å². The Hall–Kier alpha value is -4.56. The Kier molecular flexibility index (Phi) is 8.30. The number of H-pyrrole nitrogens is 1. The van der Waals surface area contributed by atoms with Crippen molar-refractivity contribution in [2.24, 2.45) is 0 Å². The van der Waals surface area contributed by atoms with Gasteiger partial charge in [0.15, 0.2) is 47.0 Å². The van der Waals surface area contributed by atoms with Crippen LogP contribution in [0.15, 0.2) is 29.1 Å². The maximum atomic E-state index is 14.6. The maximum absolute atomic E-state index is 14.6. The SMILES string of the molecule is CNC(=O)COc1cc(Cl)c(-n2c(=O)[nH]c3c(C(C)=O)nc(CO)nc32)cc1OCc1c(OC)ccc(F)c1F. The summed E-state index contributed by atoms with van der Waals surface area (Å²) in [7, 11) is 2.68. The molecule has 210 valence electrons. The van der Waals surface area contributed by atoms with Crippen molar-refractivity contribution in [1.82, 2.24) is 24.8 Å². The lowest BCUT2D eigenvalue weighted by Gasteiger charge is -2.17. The Morgan fingerprint density at radius 1 is 1.15 bits per heavy atom. The Balaban J connectivity index is 1.88. The van der Waals surface area contributed by atoms with Gasteiger partial charge in [-0.25, -0.2) is 28.1 Å². The predicted octanol–water partition coefficient (Wildman–Crippen LogP) is 2.45. The van der Waals surface area contributed by atoms with Gasteiger partial charge < -0.3 is 29.6 Å². The molecule has 0 spiro atoms. The molecule has 0 saturated heterocycles. The van der Waals surface area contributed by atoms with Gasteiger partial charge in [-0.05, 0) is 12.1 Å². The number of amides is 1. The average molecular weight is 578 g/mol. The molecule has 2 aromatic heterocycles. The molecule has 1 amide bonds. The number of nitrogens with zero attached hydrogens (tertiary/aromatic N) is 3. The molecule has 0 aliphatic rings. The van der Waals surface area contributed by atoms with Gasteiger partial charge in [0.25, 0.3) is 5.91 Å². The van der Waals surface area contributed by atoms with E-state index in [9.17, 15) is 28.3 Å². The fraction of sp³-hybridized carbons (Fsp3) is 0.240. The first-order valence-electron chi connectivity index (χ1n) is 11.5. The molecule has 0 unspecified atom stereocenters. The molecule has 4 aromatic rings. The van der Waals surface area contributed by atoms with Crippen molar-refractivity contribution in [2.45, 2.75) is 20.1 Å². The zero-order chi connectivity index (χ0) is 29.1. The fourth-order valence-electron chi connectivity index (χ4n) is 3.77. The molecule has 0 bridgehead atoms. The molecule has 40 heavy (non-hydrogen) atoms. The van der Waals surface area contributed by atoms with Gasteiger partial charge >= 0.3 is 5.69 Å². The summed E-state index contributed by atoms with van der Waals surface area (Å²) in [6, 6.07) is 4.63. The minimum absolute atomic E-state index is 0.000235. The highest BCUT2D eigenvalue weighted by Crippen LogP contribution is 2.37. The zero-order valence-electron chi connectivity index (χ0n) is 21.3. The monoisotopic (exact) mass is 577 g/mol. The van der Waals surface area contributed by atoms with Crippen LogP contribution in [0.3, 0.4) is 0 Å². The van der Waals surface area contributed by atoms with E-state index in [1.165, 1.54) is 39.3 Å². The number of halogens is 3. The van der Waals surface area contributed by atoms with E-state index in [0.29, 0.717) is 0 Å². The molecular weight excluding hydrogens is 556 g/mol. The van der Waals surface area contributed by atoms with Crippen LogP contribution in [0.2, 0.25) is 5.02 Å². The lowest BCUT2D eigenvalue weighted by Crippen LogP contribution is -2.25.